The minimum absolute atomic E-state index is 0. The van der Waals surface area contributed by atoms with Gasteiger partial charge in [-0.1, -0.05) is 0 Å². The van der Waals surface area contributed by atoms with Crippen molar-refractivity contribution in [3.05, 3.63) is 12.9 Å². The summed E-state index contributed by atoms with van der Waals surface area (Å²) < 4.78 is 206. The average molecular weight is 590 g/mol. The Morgan fingerprint density at radius 1 is 0.429 bits per heavy atom. The Kier molecular flexibility index (Phi) is 13.4. The summed E-state index contributed by atoms with van der Waals surface area (Å²) >= 11 is 0. The predicted octanol–water partition coefficient (Wildman–Crippen LogP) is 6.73. The summed E-state index contributed by atoms with van der Waals surface area (Å²) in [6.45, 7) is 0. The zero-order chi connectivity index (χ0) is 22.2. The topological polar surface area (TPSA) is 0 Å². The molecule has 0 bridgehead atoms. The molecule has 0 nitrogen and oxygen atoms in total. The van der Waals surface area contributed by atoms with Gasteiger partial charge in [-0.2, -0.15) is 39.5 Å². The Morgan fingerprint density at radius 2 is 0.679 bits per heavy atom. The molecule has 0 saturated carbocycles. The minimum Gasteiger partial charge on any atom is -0.415 e. The fourth-order valence-electron chi connectivity index (χ4n) is 0.691. The molecule has 0 aliphatic heterocycles. The van der Waals surface area contributed by atoms with Gasteiger partial charge in [0, 0.05) is 0 Å². The van der Waals surface area contributed by atoms with Crippen molar-refractivity contribution in [3.8, 4) is 0 Å². The molecule has 0 aromatic carbocycles. The first-order valence-electron chi connectivity index (χ1n) is 4.90. The average Bonchev–Trinajstić information content (AvgIpc) is 2.35. The summed E-state index contributed by atoms with van der Waals surface area (Å²) in [5.41, 5.74) is 0. The Balaban J connectivity index is -0.000000274. The van der Waals surface area contributed by atoms with Gasteiger partial charge in [0.15, 0.2) is 0 Å². The van der Waals surface area contributed by atoms with E-state index in [0.29, 0.717) is 0 Å². The van der Waals surface area contributed by atoms with Gasteiger partial charge in [0.25, 0.3) is 5.92 Å². The Hall–Kier alpha value is 0.236. The fraction of sp³-hybridized carbons (Fsp3) is 0.750. The largest absolute Gasteiger partial charge is 2.00 e. The smallest absolute Gasteiger partial charge is 0.415 e. The van der Waals surface area contributed by atoms with Crippen molar-refractivity contribution in [2.75, 3.05) is 0 Å². The summed E-state index contributed by atoms with van der Waals surface area (Å²) in [5, 5.41) is 0. The van der Waals surface area contributed by atoms with E-state index in [2.05, 4.69) is 0 Å². The molecule has 0 N–H and O–H groups in total. The summed E-state index contributed by atoms with van der Waals surface area (Å²) in [7, 11) is 0. The van der Waals surface area contributed by atoms with E-state index >= 15 is 0 Å². The molecule has 0 radical (unpaired) electrons. The van der Waals surface area contributed by atoms with Crippen LogP contribution in [0.4, 0.5) is 79.0 Å². The van der Waals surface area contributed by atoms with Crippen LogP contribution in [0, 0.1) is 12.9 Å². The van der Waals surface area contributed by atoms with E-state index in [1.165, 1.54) is 0 Å². The van der Waals surface area contributed by atoms with Gasteiger partial charge in [-0.3, -0.25) is 0 Å². The zero-order valence-electron chi connectivity index (χ0n) is 11.9. The first-order chi connectivity index (χ1) is 10.9. The monoisotopic (exact) mass is 590 g/mol. The van der Waals surface area contributed by atoms with Crippen LogP contribution in [-0.4, -0.2) is 59.1 Å². The number of alkyl halides is 14. The van der Waals surface area contributed by atoms with Crippen LogP contribution in [0.2, 0.25) is 0 Å². The molecule has 20 heteroatoms. The van der Waals surface area contributed by atoms with Crippen LogP contribution in [0.5, 0.6) is 0 Å². The van der Waals surface area contributed by atoms with E-state index in [9.17, 15) is 79.0 Å². The summed E-state index contributed by atoms with van der Waals surface area (Å²) in [5.74, 6) is -30.3. The SMILES string of the molecule is F[C-](F)C(F)(F)C(F)(F)C(F)(F)C(F)(F)C(F)(F)F.F[C-](F)C(F)(F)F.I.[Mg+2]. The zero-order valence-corrected chi connectivity index (χ0v) is 15.7. The van der Waals surface area contributed by atoms with Gasteiger partial charge in [-0.15, -0.1) is 24.0 Å². The second-order valence-corrected chi connectivity index (χ2v) is 3.81. The maximum Gasteiger partial charge on any atom is 2.00 e. The van der Waals surface area contributed by atoms with E-state index < -0.39 is 48.9 Å². The Labute approximate surface area is 175 Å². The summed E-state index contributed by atoms with van der Waals surface area (Å²) in [4.78, 5) is 0. The molecule has 0 aromatic rings. The van der Waals surface area contributed by atoms with E-state index in [4.69, 9.17) is 0 Å². The number of halogens is 19. The molecule has 0 amide bonds. The summed E-state index contributed by atoms with van der Waals surface area (Å²) in [6.07, 6.45) is -21.0. The molecule has 0 spiro atoms. The van der Waals surface area contributed by atoms with E-state index in [1.807, 2.05) is 0 Å². The van der Waals surface area contributed by atoms with Crippen molar-refractivity contribution < 1.29 is 79.0 Å². The summed E-state index contributed by atoms with van der Waals surface area (Å²) in [6, 6.07) is 0. The second-order valence-electron chi connectivity index (χ2n) is 3.81. The first kappa shape index (κ1) is 35.7. The predicted molar refractivity (Wildman–Crippen MR) is 64.0 cm³/mol. The van der Waals surface area contributed by atoms with E-state index in [0.717, 1.165) is 0 Å². The number of hydrogen-bond donors (Lipinski definition) is 0. The van der Waals surface area contributed by atoms with Gasteiger partial charge in [0.1, 0.15) is 6.43 Å². The molecule has 0 aliphatic carbocycles. The molecular weight excluding hydrogens is 589 g/mol. The van der Waals surface area contributed by atoms with Crippen LogP contribution >= 0.6 is 24.0 Å². The molecule has 28 heavy (non-hydrogen) atoms. The van der Waals surface area contributed by atoms with Crippen LogP contribution in [0.1, 0.15) is 0 Å². The molecule has 0 unspecified atom stereocenters. The normalized spacial score (nSPS) is 14.1. The molecule has 0 fully saturated rings. The maximum absolute atomic E-state index is 12.3. The third kappa shape index (κ3) is 7.18. The molecule has 168 valence electrons. The van der Waals surface area contributed by atoms with Crippen molar-refractivity contribution >= 4 is 47.0 Å². The first-order valence-corrected chi connectivity index (χ1v) is 4.90. The third-order valence-electron chi connectivity index (χ3n) is 1.99. The second kappa shape index (κ2) is 10.5. The minimum atomic E-state index is -7.80. The van der Waals surface area contributed by atoms with Crippen LogP contribution in [-0.2, 0) is 0 Å². The van der Waals surface area contributed by atoms with Gasteiger partial charge < -0.3 is 17.6 Å². The molecule has 0 saturated heterocycles. The van der Waals surface area contributed by atoms with Crippen LogP contribution in [0.3, 0.4) is 0 Å². The van der Waals surface area contributed by atoms with Crippen molar-refractivity contribution in [1.82, 2.24) is 0 Å². The molecule has 0 rings (SSSR count). The molecule has 0 heterocycles. The van der Waals surface area contributed by atoms with Gasteiger partial charge in [-0.05, 0) is 0 Å². The Bertz CT molecular complexity index is 449. The number of hydrogen-bond acceptors (Lipinski definition) is 0. The van der Waals surface area contributed by atoms with Gasteiger partial charge in [0.2, 0.25) is 0 Å². The van der Waals surface area contributed by atoms with Crippen LogP contribution in [0.25, 0.3) is 0 Å². The van der Waals surface area contributed by atoms with Crippen LogP contribution < -0.4 is 0 Å². The van der Waals surface area contributed by atoms with E-state index in [-0.39, 0.29) is 47.0 Å². The van der Waals surface area contributed by atoms with Gasteiger partial charge in [0.05, 0.1) is 6.43 Å². The molecule has 0 atom stereocenters. The van der Waals surface area contributed by atoms with Crippen molar-refractivity contribution in [1.29, 1.82) is 0 Å². The van der Waals surface area contributed by atoms with Gasteiger partial charge >= 0.3 is 53.2 Å². The van der Waals surface area contributed by atoms with Crippen molar-refractivity contribution in [3.63, 3.8) is 0 Å². The van der Waals surface area contributed by atoms with Gasteiger partial charge in [-0.25, -0.2) is 22.0 Å². The number of rotatable bonds is 4. The molecular formula is C8HF18IMg. The van der Waals surface area contributed by atoms with E-state index in [1.54, 1.807) is 0 Å². The fourth-order valence-corrected chi connectivity index (χ4v) is 0.691. The third-order valence-corrected chi connectivity index (χ3v) is 1.99. The Morgan fingerprint density at radius 3 is 0.821 bits per heavy atom. The van der Waals surface area contributed by atoms with Crippen molar-refractivity contribution in [2.24, 2.45) is 0 Å². The van der Waals surface area contributed by atoms with Crippen molar-refractivity contribution in [2.45, 2.75) is 36.0 Å². The van der Waals surface area contributed by atoms with Crippen LogP contribution in [0.15, 0.2) is 0 Å². The quantitative estimate of drug-likeness (QED) is 0.148. The standard InChI is InChI=1S/C6F13.C2F5.HI.Mg/c7-1(8)2(9,10)3(11,12)4(13,14)5(15,16)6(17,18)19;3-1(4)2(5,6)7;;/h;;1H;/q2*-1;;+2. The molecule has 0 aliphatic rings. The molecule has 0 aromatic heterocycles. The maximum atomic E-state index is 12.3.